The van der Waals surface area contributed by atoms with E-state index in [0.717, 1.165) is 6.07 Å². The van der Waals surface area contributed by atoms with Crippen molar-refractivity contribution in [3.05, 3.63) is 53.7 Å². The van der Waals surface area contributed by atoms with Crippen LogP contribution in [0.25, 0.3) is 0 Å². The summed E-state index contributed by atoms with van der Waals surface area (Å²) in [6.07, 6.45) is 0. The fourth-order valence-electron chi connectivity index (χ4n) is 1.45. The lowest BCUT2D eigenvalue weighted by molar-refractivity contribution is 0.0690. The Balaban J connectivity index is 2.35. The number of pyridine rings is 1. The van der Waals surface area contributed by atoms with Crippen LogP contribution in [-0.4, -0.2) is 24.5 Å². The standard InChI is InChI=1S/C12H8F2N2O4S/c13-8-5-4-7(6-9(8)14)21(19,20)16-11-3-1-2-10(15-11)12(17)18/h1-6H,(H,15,16)(H,17,18). The number of nitrogens with zero attached hydrogens (tertiary/aromatic N) is 1. The maximum atomic E-state index is 13.1. The van der Waals surface area contributed by atoms with Gasteiger partial charge >= 0.3 is 5.97 Å². The van der Waals surface area contributed by atoms with E-state index in [1.54, 1.807) is 0 Å². The van der Waals surface area contributed by atoms with E-state index in [0.29, 0.717) is 12.1 Å². The number of carbonyl (C=O) groups is 1. The second kappa shape index (κ2) is 5.44. The predicted octanol–water partition coefficient (Wildman–Crippen LogP) is 1.86. The number of benzene rings is 1. The molecule has 0 aliphatic heterocycles. The van der Waals surface area contributed by atoms with Gasteiger partial charge in [0.2, 0.25) is 0 Å². The molecule has 0 aliphatic rings. The van der Waals surface area contributed by atoms with Crippen LogP contribution in [0.15, 0.2) is 41.3 Å². The van der Waals surface area contributed by atoms with Crippen molar-refractivity contribution < 1.29 is 27.1 Å². The lowest BCUT2D eigenvalue weighted by Gasteiger charge is -2.08. The zero-order valence-electron chi connectivity index (χ0n) is 10.2. The molecular formula is C12H8F2N2O4S. The normalized spacial score (nSPS) is 11.1. The molecule has 0 saturated heterocycles. The summed E-state index contributed by atoms with van der Waals surface area (Å²) >= 11 is 0. The molecule has 0 spiro atoms. The van der Waals surface area contributed by atoms with Crippen molar-refractivity contribution >= 4 is 21.8 Å². The van der Waals surface area contributed by atoms with Gasteiger partial charge in [0.05, 0.1) is 4.90 Å². The van der Waals surface area contributed by atoms with Crippen LogP contribution in [0.4, 0.5) is 14.6 Å². The molecule has 0 saturated carbocycles. The van der Waals surface area contributed by atoms with Crippen molar-refractivity contribution in [2.24, 2.45) is 0 Å². The second-order valence-electron chi connectivity index (χ2n) is 3.89. The minimum atomic E-state index is -4.21. The molecule has 0 radical (unpaired) electrons. The van der Waals surface area contributed by atoms with Crippen LogP contribution < -0.4 is 4.72 Å². The molecule has 0 aliphatic carbocycles. The molecule has 0 amide bonds. The Kier molecular flexibility index (Phi) is 3.85. The Morgan fingerprint density at radius 2 is 1.86 bits per heavy atom. The first-order chi connectivity index (χ1) is 9.79. The van der Waals surface area contributed by atoms with E-state index in [1.807, 2.05) is 4.72 Å². The Morgan fingerprint density at radius 1 is 1.14 bits per heavy atom. The number of rotatable bonds is 4. The molecule has 0 bridgehead atoms. The van der Waals surface area contributed by atoms with Gasteiger partial charge in [-0.1, -0.05) is 6.07 Å². The van der Waals surface area contributed by atoms with Gasteiger partial charge in [0.25, 0.3) is 10.0 Å². The van der Waals surface area contributed by atoms with Crippen molar-refractivity contribution in [3.8, 4) is 0 Å². The first kappa shape index (κ1) is 14.9. The van der Waals surface area contributed by atoms with Gasteiger partial charge in [-0.15, -0.1) is 0 Å². The van der Waals surface area contributed by atoms with Crippen LogP contribution in [0, 0.1) is 11.6 Å². The van der Waals surface area contributed by atoms with Crippen LogP contribution >= 0.6 is 0 Å². The smallest absolute Gasteiger partial charge is 0.354 e. The molecule has 6 nitrogen and oxygen atoms in total. The van der Waals surface area contributed by atoms with Gasteiger partial charge in [-0.2, -0.15) is 0 Å². The molecular weight excluding hydrogens is 306 g/mol. The number of carboxylic acid groups (broad SMARTS) is 1. The first-order valence-corrected chi connectivity index (χ1v) is 6.96. The first-order valence-electron chi connectivity index (χ1n) is 5.48. The molecule has 2 rings (SSSR count). The molecule has 0 atom stereocenters. The number of aromatic carboxylic acids is 1. The fraction of sp³-hybridized carbons (Fsp3) is 0. The van der Waals surface area contributed by atoms with E-state index < -0.39 is 32.5 Å². The summed E-state index contributed by atoms with van der Waals surface area (Å²) in [6, 6.07) is 5.76. The molecule has 1 aromatic carbocycles. The highest BCUT2D eigenvalue weighted by Gasteiger charge is 2.18. The molecule has 0 fully saturated rings. The SMILES string of the molecule is O=C(O)c1cccc(NS(=O)(=O)c2ccc(F)c(F)c2)n1. The average molecular weight is 314 g/mol. The van der Waals surface area contributed by atoms with Gasteiger partial charge in [-0.05, 0) is 30.3 Å². The summed E-state index contributed by atoms with van der Waals surface area (Å²) in [5.41, 5.74) is -0.361. The number of anilines is 1. The van der Waals surface area contributed by atoms with E-state index in [2.05, 4.69) is 4.98 Å². The van der Waals surface area contributed by atoms with Crippen molar-refractivity contribution in [2.45, 2.75) is 4.90 Å². The summed E-state index contributed by atoms with van der Waals surface area (Å²) in [7, 11) is -4.21. The maximum absolute atomic E-state index is 13.1. The van der Waals surface area contributed by atoms with Crippen molar-refractivity contribution in [2.75, 3.05) is 4.72 Å². The quantitative estimate of drug-likeness (QED) is 0.898. The summed E-state index contributed by atoms with van der Waals surface area (Å²) in [6.45, 7) is 0. The van der Waals surface area contributed by atoms with E-state index in [9.17, 15) is 22.0 Å². The number of sulfonamides is 1. The summed E-state index contributed by atoms with van der Waals surface area (Å²) in [5, 5.41) is 8.76. The Labute approximate surface area is 118 Å². The third-order valence-electron chi connectivity index (χ3n) is 2.41. The fourth-order valence-corrected chi connectivity index (χ4v) is 2.46. The van der Waals surface area contributed by atoms with Crippen molar-refractivity contribution in [1.29, 1.82) is 0 Å². The number of aromatic nitrogens is 1. The van der Waals surface area contributed by atoms with Gasteiger partial charge in [0, 0.05) is 0 Å². The lowest BCUT2D eigenvalue weighted by Crippen LogP contribution is -2.15. The number of nitrogens with one attached hydrogen (secondary N) is 1. The molecule has 2 N–H and O–H groups in total. The Morgan fingerprint density at radius 3 is 2.48 bits per heavy atom. The van der Waals surface area contributed by atoms with E-state index >= 15 is 0 Å². The minimum Gasteiger partial charge on any atom is -0.477 e. The predicted molar refractivity (Wildman–Crippen MR) is 68.4 cm³/mol. The van der Waals surface area contributed by atoms with Crippen LogP contribution in [0.3, 0.4) is 0 Å². The number of carboxylic acids is 1. The number of hydrogen-bond acceptors (Lipinski definition) is 4. The molecule has 0 unspecified atom stereocenters. The van der Waals surface area contributed by atoms with Crippen LogP contribution in [0.5, 0.6) is 0 Å². The van der Waals surface area contributed by atoms with Crippen LogP contribution in [0.1, 0.15) is 10.5 Å². The summed E-state index contributed by atoms with van der Waals surface area (Å²) in [5.74, 6) is -4.08. The molecule has 1 heterocycles. The Hall–Kier alpha value is -2.55. The molecule has 2 aromatic rings. The minimum absolute atomic E-state index is 0.250. The van der Waals surface area contributed by atoms with Crippen LogP contribution in [-0.2, 0) is 10.0 Å². The summed E-state index contributed by atoms with van der Waals surface area (Å²) in [4.78, 5) is 13.8. The molecule has 1 aromatic heterocycles. The van der Waals surface area contributed by atoms with E-state index in [4.69, 9.17) is 5.11 Å². The summed E-state index contributed by atoms with van der Waals surface area (Å²) < 4.78 is 51.7. The zero-order chi connectivity index (χ0) is 15.6. The highest BCUT2D eigenvalue weighted by molar-refractivity contribution is 7.92. The largest absolute Gasteiger partial charge is 0.477 e. The lowest BCUT2D eigenvalue weighted by atomic mass is 10.3. The van der Waals surface area contributed by atoms with E-state index in [-0.39, 0.29) is 11.5 Å². The third-order valence-corrected chi connectivity index (χ3v) is 3.76. The number of hydrogen-bond donors (Lipinski definition) is 2. The van der Waals surface area contributed by atoms with E-state index in [1.165, 1.54) is 18.2 Å². The average Bonchev–Trinajstić information content (AvgIpc) is 2.41. The second-order valence-corrected chi connectivity index (χ2v) is 5.58. The molecule has 110 valence electrons. The molecule has 21 heavy (non-hydrogen) atoms. The van der Waals surface area contributed by atoms with Gasteiger partial charge < -0.3 is 5.11 Å². The van der Waals surface area contributed by atoms with Gasteiger partial charge in [-0.3, -0.25) is 4.72 Å². The monoisotopic (exact) mass is 314 g/mol. The highest BCUT2D eigenvalue weighted by atomic mass is 32.2. The van der Waals surface area contributed by atoms with Crippen molar-refractivity contribution in [3.63, 3.8) is 0 Å². The van der Waals surface area contributed by atoms with Gasteiger partial charge in [-0.25, -0.2) is 27.0 Å². The number of halogens is 2. The van der Waals surface area contributed by atoms with Crippen molar-refractivity contribution in [1.82, 2.24) is 4.98 Å². The maximum Gasteiger partial charge on any atom is 0.354 e. The zero-order valence-corrected chi connectivity index (χ0v) is 11.1. The Bertz CT molecular complexity index is 809. The van der Waals surface area contributed by atoms with Crippen LogP contribution in [0.2, 0.25) is 0 Å². The highest BCUT2D eigenvalue weighted by Crippen LogP contribution is 2.17. The van der Waals surface area contributed by atoms with Gasteiger partial charge in [0.1, 0.15) is 5.82 Å². The van der Waals surface area contributed by atoms with Gasteiger partial charge in [0.15, 0.2) is 17.3 Å². The molecule has 9 heteroatoms. The third kappa shape index (κ3) is 3.31. The topological polar surface area (TPSA) is 96.4 Å².